The van der Waals surface area contributed by atoms with E-state index in [1.807, 2.05) is 7.05 Å². The Morgan fingerprint density at radius 1 is 1.44 bits per heavy atom. The van der Waals surface area contributed by atoms with Crippen molar-refractivity contribution in [3.8, 4) is 0 Å². The molecule has 0 spiro atoms. The van der Waals surface area contributed by atoms with Crippen LogP contribution in [0, 0.1) is 5.82 Å². The molecule has 0 aliphatic carbocycles. The zero-order valence-electron chi connectivity index (χ0n) is 9.71. The average Bonchev–Trinajstić information content (AvgIpc) is 2.73. The maximum atomic E-state index is 12.9. The summed E-state index contributed by atoms with van der Waals surface area (Å²) < 4.78 is 14.6. The van der Waals surface area contributed by atoms with Crippen molar-refractivity contribution in [1.82, 2.24) is 9.55 Å². The normalized spacial score (nSPS) is 12.3. The van der Waals surface area contributed by atoms with E-state index in [4.69, 9.17) is 5.73 Å². The topological polar surface area (TPSA) is 60.9 Å². The van der Waals surface area contributed by atoms with Crippen LogP contribution in [0.3, 0.4) is 0 Å². The number of hydrogen-bond donors (Lipinski definition) is 1. The SMILES string of the molecule is Cn1ccnc1S[C@@H](C(N)=O)c1ccc(F)cc1. The largest absolute Gasteiger partial charge is 0.368 e. The van der Waals surface area contributed by atoms with Gasteiger partial charge in [-0.05, 0) is 17.7 Å². The van der Waals surface area contributed by atoms with Gasteiger partial charge in [0.15, 0.2) is 5.16 Å². The summed E-state index contributed by atoms with van der Waals surface area (Å²) >= 11 is 1.24. The number of thioether (sulfide) groups is 1. The molecule has 0 bridgehead atoms. The van der Waals surface area contributed by atoms with Crippen molar-refractivity contribution < 1.29 is 9.18 Å². The van der Waals surface area contributed by atoms with Crippen LogP contribution in [0.25, 0.3) is 0 Å². The second-order valence-electron chi connectivity index (χ2n) is 3.77. The van der Waals surface area contributed by atoms with Gasteiger partial charge in [-0.15, -0.1) is 0 Å². The lowest BCUT2D eigenvalue weighted by atomic mass is 10.1. The number of rotatable bonds is 4. The van der Waals surface area contributed by atoms with E-state index in [0.29, 0.717) is 10.7 Å². The number of halogens is 1. The lowest BCUT2D eigenvalue weighted by Gasteiger charge is -2.12. The van der Waals surface area contributed by atoms with E-state index in [1.165, 1.54) is 23.9 Å². The Labute approximate surface area is 108 Å². The highest BCUT2D eigenvalue weighted by molar-refractivity contribution is 8.00. The van der Waals surface area contributed by atoms with Crippen LogP contribution in [0.4, 0.5) is 4.39 Å². The number of hydrogen-bond acceptors (Lipinski definition) is 3. The summed E-state index contributed by atoms with van der Waals surface area (Å²) in [5.41, 5.74) is 6.05. The second-order valence-corrected chi connectivity index (χ2v) is 4.84. The Morgan fingerprint density at radius 2 is 2.11 bits per heavy atom. The molecule has 2 aromatic rings. The Kier molecular flexibility index (Phi) is 3.66. The highest BCUT2D eigenvalue weighted by Gasteiger charge is 2.21. The quantitative estimate of drug-likeness (QED) is 0.859. The predicted molar refractivity (Wildman–Crippen MR) is 67.4 cm³/mol. The number of benzene rings is 1. The average molecular weight is 265 g/mol. The van der Waals surface area contributed by atoms with Crippen LogP contribution in [-0.4, -0.2) is 15.5 Å². The van der Waals surface area contributed by atoms with Gasteiger partial charge in [0.25, 0.3) is 0 Å². The monoisotopic (exact) mass is 265 g/mol. The van der Waals surface area contributed by atoms with E-state index >= 15 is 0 Å². The Morgan fingerprint density at radius 3 is 2.61 bits per heavy atom. The van der Waals surface area contributed by atoms with Crippen LogP contribution in [0.15, 0.2) is 41.8 Å². The first-order chi connectivity index (χ1) is 8.58. The van der Waals surface area contributed by atoms with Crippen LogP contribution < -0.4 is 5.73 Å². The maximum Gasteiger partial charge on any atom is 0.235 e. The fraction of sp³-hybridized carbons (Fsp3) is 0.167. The zero-order valence-corrected chi connectivity index (χ0v) is 10.5. The lowest BCUT2D eigenvalue weighted by Crippen LogP contribution is -2.19. The number of carbonyl (C=O) groups is 1. The third-order valence-electron chi connectivity index (χ3n) is 2.43. The molecular formula is C12H12FN3OS. The summed E-state index contributed by atoms with van der Waals surface area (Å²) in [7, 11) is 1.83. The maximum absolute atomic E-state index is 12.9. The highest BCUT2D eigenvalue weighted by Crippen LogP contribution is 2.33. The molecule has 0 aliphatic rings. The van der Waals surface area contributed by atoms with Crippen molar-refractivity contribution in [3.63, 3.8) is 0 Å². The molecule has 0 aliphatic heterocycles. The molecule has 0 fully saturated rings. The van der Waals surface area contributed by atoms with Gasteiger partial charge in [-0.1, -0.05) is 23.9 Å². The fourth-order valence-electron chi connectivity index (χ4n) is 1.50. The first-order valence-corrected chi connectivity index (χ1v) is 6.14. The van der Waals surface area contributed by atoms with Crippen LogP contribution in [-0.2, 0) is 11.8 Å². The van der Waals surface area contributed by atoms with E-state index in [-0.39, 0.29) is 5.82 Å². The third kappa shape index (κ3) is 2.70. The van der Waals surface area contributed by atoms with Crippen LogP contribution in [0.2, 0.25) is 0 Å². The van der Waals surface area contributed by atoms with Gasteiger partial charge in [0.1, 0.15) is 11.1 Å². The molecule has 1 aromatic carbocycles. The number of imidazole rings is 1. The van der Waals surface area contributed by atoms with Crippen molar-refractivity contribution in [2.24, 2.45) is 12.8 Å². The summed E-state index contributed by atoms with van der Waals surface area (Å²) in [4.78, 5) is 15.6. The van der Waals surface area contributed by atoms with E-state index in [1.54, 1.807) is 29.1 Å². The van der Waals surface area contributed by atoms with Gasteiger partial charge < -0.3 is 10.3 Å². The van der Waals surface area contributed by atoms with Gasteiger partial charge in [-0.3, -0.25) is 4.79 Å². The number of nitrogens with two attached hydrogens (primary N) is 1. The van der Waals surface area contributed by atoms with Gasteiger partial charge in [0.05, 0.1) is 0 Å². The first kappa shape index (κ1) is 12.6. The van der Waals surface area contributed by atoms with Crippen LogP contribution in [0.5, 0.6) is 0 Å². The van der Waals surface area contributed by atoms with Gasteiger partial charge >= 0.3 is 0 Å². The molecule has 1 heterocycles. The molecule has 1 aromatic heterocycles. The molecule has 6 heteroatoms. The zero-order chi connectivity index (χ0) is 13.1. The van der Waals surface area contributed by atoms with Gasteiger partial charge in [0.2, 0.25) is 5.91 Å². The Balaban J connectivity index is 2.27. The number of carbonyl (C=O) groups excluding carboxylic acids is 1. The van der Waals surface area contributed by atoms with Gasteiger partial charge in [-0.2, -0.15) is 0 Å². The number of nitrogens with zero attached hydrogens (tertiary/aromatic N) is 2. The summed E-state index contributed by atoms with van der Waals surface area (Å²) in [5, 5.41) is 0.106. The molecule has 2 N–H and O–H groups in total. The summed E-state index contributed by atoms with van der Waals surface area (Å²) in [5.74, 6) is -0.821. The van der Waals surface area contributed by atoms with Crippen molar-refractivity contribution in [1.29, 1.82) is 0 Å². The molecule has 4 nitrogen and oxygen atoms in total. The van der Waals surface area contributed by atoms with E-state index in [9.17, 15) is 9.18 Å². The molecule has 2 rings (SSSR count). The van der Waals surface area contributed by atoms with Crippen molar-refractivity contribution in [3.05, 3.63) is 48.0 Å². The van der Waals surface area contributed by atoms with Crippen molar-refractivity contribution >= 4 is 17.7 Å². The van der Waals surface area contributed by atoms with E-state index in [2.05, 4.69) is 4.98 Å². The summed E-state index contributed by atoms with van der Waals surface area (Å²) in [6, 6.07) is 5.73. The molecule has 0 unspecified atom stereocenters. The molecule has 94 valence electrons. The molecule has 1 atom stereocenters. The standard InChI is InChI=1S/C12H12FN3OS/c1-16-7-6-15-12(16)18-10(11(14)17)8-2-4-9(13)5-3-8/h2-7,10H,1H3,(H2,14,17)/t10-/m1/s1. The minimum Gasteiger partial charge on any atom is -0.368 e. The van der Waals surface area contributed by atoms with Crippen molar-refractivity contribution in [2.45, 2.75) is 10.4 Å². The Bertz CT molecular complexity index is 553. The van der Waals surface area contributed by atoms with Crippen molar-refractivity contribution in [2.75, 3.05) is 0 Å². The third-order valence-corrected chi connectivity index (χ3v) is 3.78. The van der Waals surface area contributed by atoms with Crippen LogP contribution >= 0.6 is 11.8 Å². The molecular weight excluding hydrogens is 253 g/mol. The molecule has 0 radical (unpaired) electrons. The lowest BCUT2D eigenvalue weighted by molar-refractivity contribution is -0.117. The van der Waals surface area contributed by atoms with Gasteiger partial charge in [0, 0.05) is 19.4 Å². The molecule has 18 heavy (non-hydrogen) atoms. The smallest absolute Gasteiger partial charge is 0.235 e. The number of primary amides is 1. The fourth-order valence-corrected chi connectivity index (χ4v) is 2.47. The number of aromatic nitrogens is 2. The molecule has 1 amide bonds. The second kappa shape index (κ2) is 5.22. The minimum atomic E-state index is -0.577. The number of aryl methyl sites for hydroxylation is 1. The predicted octanol–water partition coefficient (Wildman–Crippen LogP) is 1.88. The highest BCUT2D eigenvalue weighted by atomic mass is 32.2. The molecule has 0 saturated heterocycles. The Hall–Kier alpha value is -1.82. The van der Waals surface area contributed by atoms with E-state index < -0.39 is 11.2 Å². The summed E-state index contributed by atoms with van der Waals surface area (Å²) in [6.07, 6.45) is 3.43. The molecule has 0 saturated carbocycles. The van der Waals surface area contributed by atoms with Gasteiger partial charge in [-0.25, -0.2) is 9.37 Å². The van der Waals surface area contributed by atoms with E-state index in [0.717, 1.165) is 0 Å². The van der Waals surface area contributed by atoms with Crippen LogP contribution in [0.1, 0.15) is 10.8 Å². The summed E-state index contributed by atoms with van der Waals surface area (Å²) in [6.45, 7) is 0. The first-order valence-electron chi connectivity index (χ1n) is 5.26. The minimum absolute atomic E-state index is 0.344. The number of amides is 1.